The van der Waals surface area contributed by atoms with Gasteiger partial charge in [0.2, 0.25) is 5.36 Å². The Bertz CT molecular complexity index is 751. The van der Waals surface area contributed by atoms with Gasteiger partial charge in [-0.15, -0.1) is 11.3 Å². The zero-order chi connectivity index (χ0) is 12.0. The highest BCUT2D eigenvalue weighted by atomic mass is 35.5. The third kappa shape index (κ3) is 2.69. The van der Waals surface area contributed by atoms with Crippen LogP contribution in [0.1, 0.15) is 13.0 Å². The van der Waals surface area contributed by atoms with E-state index in [4.69, 9.17) is 11.1 Å². The van der Waals surface area contributed by atoms with Gasteiger partial charge in [0.15, 0.2) is 0 Å². The Morgan fingerprint density at radius 1 is 1.21 bits per heavy atom. The molecule has 1 aromatic rings. The van der Waals surface area contributed by atoms with E-state index in [0.29, 0.717) is 0 Å². The molecule has 3 rings (SSSR count). The van der Waals surface area contributed by atoms with Gasteiger partial charge in [0, 0.05) is 17.3 Å². The lowest BCUT2D eigenvalue weighted by Crippen LogP contribution is -3.00. The Morgan fingerprint density at radius 2 is 1.95 bits per heavy atom. The van der Waals surface area contributed by atoms with Gasteiger partial charge < -0.3 is 18.1 Å². The smallest absolute Gasteiger partial charge is 0.201 e. The fourth-order valence-electron chi connectivity index (χ4n) is 1.81. The third-order valence-corrected chi connectivity index (χ3v) is 3.89. The first-order valence-corrected chi connectivity index (χ1v) is 6.14. The quantitative estimate of drug-likeness (QED) is 0.395. The maximum absolute atomic E-state index is 5.91. The predicted octanol–water partition coefficient (Wildman–Crippen LogP) is -1.41. The van der Waals surface area contributed by atoms with Crippen molar-refractivity contribution in [3.63, 3.8) is 0 Å². The maximum atomic E-state index is 5.91. The van der Waals surface area contributed by atoms with Crippen LogP contribution in [0, 0.1) is 6.92 Å². The highest BCUT2D eigenvalue weighted by Crippen LogP contribution is 2.30. The Labute approximate surface area is 122 Å². The van der Waals surface area contributed by atoms with Crippen molar-refractivity contribution in [2.45, 2.75) is 14.4 Å². The molecule has 0 atom stereocenters. The topological polar surface area (TPSA) is 64.5 Å². The van der Waals surface area contributed by atoms with Crippen LogP contribution >= 0.6 is 11.3 Å². The fourth-order valence-corrected chi connectivity index (χ4v) is 2.86. The number of rotatable bonds is 0. The van der Waals surface area contributed by atoms with E-state index in [9.17, 15) is 0 Å². The van der Waals surface area contributed by atoms with E-state index in [-0.39, 0.29) is 19.8 Å². The molecule has 1 aliphatic carbocycles. The SMILES string of the molecule is C.Cc1cc2nc3ccc(N)cc3sc-2cc1=[NH2+].[Cl-]. The van der Waals surface area contributed by atoms with E-state index < -0.39 is 0 Å². The van der Waals surface area contributed by atoms with Gasteiger partial charge in [0.05, 0.1) is 20.8 Å². The summed E-state index contributed by atoms with van der Waals surface area (Å²) in [5, 5.41) is 6.72. The summed E-state index contributed by atoms with van der Waals surface area (Å²) < 4.78 is 1.08. The van der Waals surface area contributed by atoms with Crippen molar-refractivity contribution < 1.29 is 17.8 Å². The summed E-state index contributed by atoms with van der Waals surface area (Å²) in [4.78, 5) is 5.71. The van der Waals surface area contributed by atoms with Crippen LogP contribution in [0.4, 0.5) is 5.69 Å². The molecule has 5 heteroatoms. The van der Waals surface area contributed by atoms with E-state index in [0.717, 1.165) is 37.4 Å². The van der Waals surface area contributed by atoms with Gasteiger partial charge in [-0.2, -0.15) is 0 Å². The van der Waals surface area contributed by atoms with Crippen LogP contribution in [0.2, 0.25) is 0 Å². The number of fused-ring (bicyclic) bond motifs is 2. The molecule has 0 saturated carbocycles. The van der Waals surface area contributed by atoms with Gasteiger partial charge in [-0.1, -0.05) is 7.43 Å². The lowest BCUT2D eigenvalue weighted by molar-refractivity contribution is -0.173. The standard InChI is InChI=1S/C13H11N3S.CH4.ClH/c1-7-4-11-13(6-9(7)15)17-12-5-8(14)2-3-10(12)16-11;;/h2-6,15H,14H2,1H3;1H4;1H. The molecule has 0 unspecified atom stereocenters. The van der Waals surface area contributed by atoms with Gasteiger partial charge in [-0.05, 0) is 31.2 Å². The van der Waals surface area contributed by atoms with E-state index in [1.165, 1.54) is 0 Å². The molecule has 0 spiro atoms. The van der Waals surface area contributed by atoms with Gasteiger partial charge in [-0.25, -0.2) is 4.98 Å². The van der Waals surface area contributed by atoms with Crippen molar-refractivity contribution in [1.82, 2.24) is 4.98 Å². The second-order valence-corrected chi connectivity index (χ2v) is 5.20. The van der Waals surface area contributed by atoms with E-state index in [1.807, 2.05) is 37.3 Å². The average molecular weight is 294 g/mol. The zero-order valence-electron chi connectivity index (χ0n) is 9.77. The lowest BCUT2D eigenvalue weighted by atomic mass is 10.1. The van der Waals surface area contributed by atoms with Gasteiger partial charge in [-0.3, -0.25) is 5.41 Å². The molecule has 1 aromatic carbocycles. The van der Waals surface area contributed by atoms with Crippen LogP contribution in [0.3, 0.4) is 0 Å². The number of nitrogens with two attached hydrogens (primary N) is 2. The fraction of sp³-hybridized carbons (Fsp3) is 0.143. The molecule has 0 amide bonds. The molecule has 3 nitrogen and oxygen atoms in total. The first kappa shape index (κ1) is 15.4. The summed E-state index contributed by atoms with van der Waals surface area (Å²) in [6.07, 6.45) is 0. The number of anilines is 1. The Balaban J connectivity index is 0.000000902. The van der Waals surface area contributed by atoms with E-state index in [2.05, 4.69) is 4.98 Å². The summed E-state index contributed by atoms with van der Waals surface area (Å²) in [6, 6.07) is 9.77. The van der Waals surface area contributed by atoms with Crippen molar-refractivity contribution in [3.05, 3.63) is 41.3 Å². The summed E-state index contributed by atoms with van der Waals surface area (Å²) in [6.45, 7) is 1.99. The minimum absolute atomic E-state index is 0. The molecular weight excluding hydrogens is 278 g/mol. The van der Waals surface area contributed by atoms with Crippen molar-refractivity contribution in [3.8, 4) is 10.6 Å². The van der Waals surface area contributed by atoms with Crippen LogP contribution in [0.15, 0.2) is 30.3 Å². The minimum atomic E-state index is 0. The summed E-state index contributed by atoms with van der Waals surface area (Å²) in [7, 11) is 0. The molecule has 2 aliphatic rings. The Morgan fingerprint density at radius 3 is 2.68 bits per heavy atom. The molecule has 100 valence electrons. The van der Waals surface area contributed by atoms with Gasteiger partial charge in [0.25, 0.3) is 0 Å². The van der Waals surface area contributed by atoms with Crippen LogP contribution in [0.25, 0.3) is 20.8 Å². The van der Waals surface area contributed by atoms with Gasteiger partial charge in [0.1, 0.15) is 0 Å². The third-order valence-electron chi connectivity index (χ3n) is 2.79. The largest absolute Gasteiger partial charge is 1.00 e. The molecule has 1 aliphatic heterocycles. The first-order valence-electron chi connectivity index (χ1n) is 5.33. The second-order valence-electron chi connectivity index (χ2n) is 4.12. The maximum Gasteiger partial charge on any atom is 0.201 e. The molecular formula is C14H16ClN3S. The molecule has 0 radical (unpaired) electrons. The van der Waals surface area contributed by atoms with Crippen LogP contribution < -0.4 is 28.9 Å². The number of aryl methyl sites for hydroxylation is 1. The summed E-state index contributed by atoms with van der Waals surface area (Å²) in [5.41, 5.74) is 9.56. The number of hydrogen-bond acceptors (Lipinski definition) is 3. The van der Waals surface area contributed by atoms with Crippen LogP contribution in [-0.2, 0) is 0 Å². The number of nitrogen functional groups attached to an aromatic ring is 1. The molecule has 0 saturated heterocycles. The molecule has 0 aromatic heterocycles. The monoisotopic (exact) mass is 293 g/mol. The predicted molar refractivity (Wildman–Crippen MR) is 77.2 cm³/mol. The molecule has 1 heterocycles. The van der Waals surface area contributed by atoms with Crippen molar-refractivity contribution in [1.29, 1.82) is 0 Å². The normalized spacial score (nSPS) is 9.95. The lowest BCUT2D eigenvalue weighted by Gasteiger charge is -2.06. The number of hydrogen-bond donors (Lipinski definition) is 2. The number of benzene rings is 2. The van der Waals surface area contributed by atoms with Crippen molar-refractivity contribution in [2.24, 2.45) is 0 Å². The molecule has 4 N–H and O–H groups in total. The number of halogens is 1. The molecule has 0 fully saturated rings. The van der Waals surface area contributed by atoms with Gasteiger partial charge >= 0.3 is 0 Å². The van der Waals surface area contributed by atoms with E-state index >= 15 is 0 Å². The Hall–Kier alpha value is -1.65. The summed E-state index contributed by atoms with van der Waals surface area (Å²) in [5.74, 6) is 0. The minimum Gasteiger partial charge on any atom is -1.00 e. The first-order chi connectivity index (χ1) is 8.13. The highest BCUT2D eigenvalue weighted by molar-refractivity contribution is 7.21. The number of nitrogens with zero attached hydrogens (tertiary/aromatic N) is 1. The second kappa shape index (κ2) is 5.55. The highest BCUT2D eigenvalue weighted by Gasteiger charge is 2.09. The van der Waals surface area contributed by atoms with Crippen LogP contribution in [0.5, 0.6) is 0 Å². The Kier molecular flexibility index (Phi) is 4.50. The van der Waals surface area contributed by atoms with E-state index in [1.54, 1.807) is 11.3 Å². The molecule has 0 bridgehead atoms. The summed E-state index contributed by atoms with van der Waals surface area (Å²) >= 11 is 1.67. The zero-order valence-corrected chi connectivity index (χ0v) is 11.3. The average Bonchev–Trinajstić information content (AvgIpc) is 2.28. The van der Waals surface area contributed by atoms with Crippen molar-refractivity contribution in [2.75, 3.05) is 5.73 Å². The molecule has 19 heavy (non-hydrogen) atoms. The number of aromatic nitrogens is 1. The van der Waals surface area contributed by atoms with Crippen molar-refractivity contribution >= 4 is 27.2 Å². The van der Waals surface area contributed by atoms with Crippen LogP contribution in [-0.4, -0.2) is 4.98 Å².